The number of phenolic OH excluding ortho intramolecular Hbond substituents is 5. The van der Waals surface area contributed by atoms with E-state index in [1.54, 1.807) is 15.7 Å². The Morgan fingerprint density at radius 2 is 0.885 bits per heavy atom. The molecule has 9 aromatic rings. The van der Waals surface area contributed by atoms with Gasteiger partial charge in [0.1, 0.15) is 48.3 Å². The summed E-state index contributed by atoms with van der Waals surface area (Å²) in [5.41, 5.74) is 8.06. The molecule has 6 nitrogen and oxygen atoms in total. The molecule has 246 valence electrons. The molecular formula is C42H30B4O6. The lowest BCUT2D eigenvalue weighted by molar-refractivity contribution is 0.348. The minimum Gasteiger partial charge on any atom is -0.508 e. The van der Waals surface area contributed by atoms with Gasteiger partial charge in [-0.1, -0.05) is 102 Å². The average molecular weight is 674 g/mol. The maximum Gasteiger partial charge on any atom is 0.204 e. The van der Waals surface area contributed by atoms with E-state index in [0.29, 0.717) is 16.6 Å². The van der Waals surface area contributed by atoms with Crippen molar-refractivity contribution in [1.29, 1.82) is 0 Å². The fraction of sp³-hybridized carbons (Fsp3) is 0. The number of benzene rings is 8. The smallest absolute Gasteiger partial charge is 0.204 e. The van der Waals surface area contributed by atoms with Gasteiger partial charge in [-0.05, 0) is 66.7 Å². The fourth-order valence-corrected chi connectivity index (χ4v) is 8.39. The normalized spacial score (nSPS) is 11.8. The number of hydrogen-bond acceptors (Lipinski definition) is 6. The predicted molar refractivity (Wildman–Crippen MR) is 224 cm³/mol. The van der Waals surface area contributed by atoms with E-state index < -0.39 is 23.0 Å². The molecule has 10 heteroatoms. The van der Waals surface area contributed by atoms with Crippen LogP contribution in [0.1, 0.15) is 0 Å². The first-order valence-corrected chi connectivity index (χ1v) is 17.2. The summed E-state index contributed by atoms with van der Waals surface area (Å²) in [6, 6.07) is 35.3. The monoisotopic (exact) mass is 674 g/mol. The van der Waals surface area contributed by atoms with E-state index in [2.05, 4.69) is 54.6 Å². The summed E-state index contributed by atoms with van der Waals surface area (Å²) < 4.78 is 6.59. The van der Waals surface area contributed by atoms with E-state index in [-0.39, 0.29) is 16.8 Å². The summed E-state index contributed by atoms with van der Waals surface area (Å²) in [6.07, 6.45) is 0. The SMILES string of the molecule is Bc1c(B)c(-c2c3ccccc3c(-c3cccc4oc5c6ccccc6ccc5c34)c3ccccc23)c(O)c(B)c1-c1c(B)c(O)c(O)c(O)c1O. The molecule has 0 radical (unpaired) electrons. The average Bonchev–Trinajstić information content (AvgIpc) is 3.56. The second-order valence-corrected chi connectivity index (χ2v) is 13.7. The third-order valence-electron chi connectivity index (χ3n) is 11.0. The maximum absolute atomic E-state index is 12.2. The number of aromatic hydroxyl groups is 5. The number of furan rings is 1. The Morgan fingerprint density at radius 1 is 0.365 bits per heavy atom. The first-order chi connectivity index (χ1) is 25.1. The van der Waals surface area contributed by atoms with Gasteiger partial charge in [-0.25, -0.2) is 0 Å². The quantitative estimate of drug-likeness (QED) is 0.0848. The van der Waals surface area contributed by atoms with E-state index in [9.17, 15) is 25.5 Å². The van der Waals surface area contributed by atoms with Gasteiger partial charge >= 0.3 is 0 Å². The number of fused-ring (bicyclic) bond motifs is 7. The highest BCUT2D eigenvalue weighted by atomic mass is 16.3. The molecule has 8 aromatic carbocycles. The molecule has 1 aromatic heterocycles. The van der Waals surface area contributed by atoms with Crippen molar-refractivity contribution in [2.24, 2.45) is 0 Å². The second-order valence-electron chi connectivity index (χ2n) is 13.7. The lowest BCUT2D eigenvalue weighted by atomic mass is 9.65. The van der Waals surface area contributed by atoms with Crippen molar-refractivity contribution >= 4 is 107 Å². The Kier molecular flexibility index (Phi) is 6.86. The number of phenols is 5. The molecule has 5 N–H and O–H groups in total. The van der Waals surface area contributed by atoms with Gasteiger partial charge in [0.2, 0.25) is 11.5 Å². The van der Waals surface area contributed by atoms with Crippen molar-refractivity contribution in [2.75, 3.05) is 0 Å². The van der Waals surface area contributed by atoms with Crippen LogP contribution >= 0.6 is 0 Å². The van der Waals surface area contributed by atoms with Crippen LogP contribution in [0.5, 0.6) is 28.7 Å². The molecule has 0 saturated carbocycles. The van der Waals surface area contributed by atoms with Gasteiger partial charge in [0, 0.05) is 32.8 Å². The molecule has 0 aliphatic rings. The highest BCUT2D eigenvalue weighted by molar-refractivity contribution is 6.58. The zero-order valence-corrected chi connectivity index (χ0v) is 29.0. The third kappa shape index (κ3) is 4.18. The van der Waals surface area contributed by atoms with Crippen LogP contribution in [0.2, 0.25) is 0 Å². The Morgan fingerprint density at radius 3 is 1.54 bits per heavy atom. The first kappa shape index (κ1) is 31.6. The summed E-state index contributed by atoms with van der Waals surface area (Å²) in [4.78, 5) is 0. The van der Waals surface area contributed by atoms with Gasteiger partial charge in [-0.15, -0.1) is 0 Å². The molecule has 0 aliphatic heterocycles. The molecule has 9 rings (SSSR count). The van der Waals surface area contributed by atoms with Crippen molar-refractivity contribution in [1.82, 2.24) is 0 Å². The van der Waals surface area contributed by atoms with Crippen LogP contribution in [-0.4, -0.2) is 56.9 Å². The van der Waals surface area contributed by atoms with Gasteiger partial charge in [-0.3, -0.25) is 0 Å². The van der Waals surface area contributed by atoms with Gasteiger partial charge in [0.05, 0.1) is 0 Å². The van der Waals surface area contributed by atoms with E-state index in [1.165, 1.54) is 0 Å². The van der Waals surface area contributed by atoms with Crippen LogP contribution in [0.3, 0.4) is 0 Å². The van der Waals surface area contributed by atoms with Crippen LogP contribution < -0.4 is 21.9 Å². The third-order valence-corrected chi connectivity index (χ3v) is 11.0. The summed E-state index contributed by atoms with van der Waals surface area (Å²) >= 11 is 0. The Hall–Kier alpha value is -6.40. The molecule has 0 fully saturated rings. The van der Waals surface area contributed by atoms with Gasteiger partial charge in [0.25, 0.3) is 0 Å². The fourth-order valence-electron chi connectivity index (χ4n) is 8.39. The minimum atomic E-state index is -0.820. The molecule has 52 heavy (non-hydrogen) atoms. The summed E-state index contributed by atoms with van der Waals surface area (Å²) in [7, 11) is 7.13. The van der Waals surface area contributed by atoms with Crippen molar-refractivity contribution in [3.63, 3.8) is 0 Å². The minimum absolute atomic E-state index is 0.0156. The summed E-state index contributed by atoms with van der Waals surface area (Å²) in [5.74, 6) is -2.70. The van der Waals surface area contributed by atoms with Crippen LogP contribution in [0.4, 0.5) is 0 Å². The van der Waals surface area contributed by atoms with Crippen molar-refractivity contribution in [3.8, 4) is 62.1 Å². The standard InChI is InChI=1S/C42H30B4O6/c43-33-30(32-36(46)39(49)41(51)40(50)38(32)48)35(45)37(47)31(34(33)44)29-22-12-5-3-10-20(22)27(21-11-4-6-13-23(21)29)24-14-7-15-26-28(24)25-17-16-18-8-1-2-9-19(18)42(25)52-26/h1-17,47-51H,43-46H2. The van der Waals surface area contributed by atoms with Crippen molar-refractivity contribution in [2.45, 2.75) is 0 Å². The predicted octanol–water partition coefficient (Wildman–Crippen LogP) is 3.61. The number of hydrogen-bond donors (Lipinski definition) is 5. The van der Waals surface area contributed by atoms with Crippen molar-refractivity contribution < 1.29 is 29.9 Å². The first-order valence-electron chi connectivity index (χ1n) is 17.2. The maximum atomic E-state index is 12.2. The van der Waals surface area contributed by atoms with E-state index in [1.807, 2.05) is 64.2 Å². The van der Waals surface area contributed by atoms with E-state index in [0.717, 1.165) is 81.9 Å². The highest BCUT2D eigenvalue weighted by Gasteiger charge is 2.29. The highest BCUT2D eigenvalue weighted by Crippen LogP contribution is 2.49. The Labute approximate surface area is 301 Å². The van der Waals surface area contributed by atoms with E-state index in [4.69, 9.17) is 4.42 Å². The van der Waals surface area contributed by atoms with Gasteiger partial charge < -0.3 is 29.9 Å². The Bertz CT molecular complexity index is 2910. The Balaban J connectivity index is 1.39. The van der Waals surface area contributed by atoms with Gasteiger partial charge in [0.15, 0.2) is 11.5 Å². The molecule has 1 heterocycles. The van der Waals surface area contributed by atoms with Crippen molar-refractivity contribution in [3.05, 3.63) is 103 Å². The molecule has 0 saturated heterocycles. The largest absolute Gasteiger partial charge is 0.508 e. The zero-order valence-electron chi connectivity index (χ0n) is 29.0. The van der Waals surface area contributed by atoms with Gasteiger partial charge in [-0.2, -0.15) is 0 Å². The van der Waals surface area contributed by atoms with Crippen LogP contribution in [0.15, 0.2) is 108 Å². The lowest BCUT2D eigenvalue weighted by Crippen LogP contribution is -2.36. The molecular weight excluding hydrogens is 644 g/mol. The number of rotatable bonds is 3. The molecule has 0 aliphatic carbocycles. The summed E-state index contributed by atoms with van der Waals surface area (Å²) in [6.45, 7) is 0. The van der Waals surface area contributed by atoms with E-state index >= 15 is 0 Å². The molecule has 0 unspecified atom stereocenters. The summed E-state index contributed by atoms with van der Waals surface area (Å²) in [5, 5.41) is 62.8. The van der Waals surface area contributed by atoms with Crippen LogP contribution in [0.25, 0.3) is 87.6 Å². The lowest BCUT2D eigenvalue weighted by Gasteiger charge is -2.25. The molecule has 0 atom stereocenters. The molecule has 0 amide bonds. The van der Waals surface area contributed by atoms with Crippen LogP contribution in [0, 0.1) is 0 Å². The van der Waals surface area contributed by atoms with Crippen LogP contribution in [-0.2, 0) is 0 Å². The second kappa shape index (κ2) is 11.3. The molecule has 0 bridgehead atoms. The topological polar surface area (TPSA) is 114 Å². The molecule has 0 spiro atoms. The zero-order chi connectivity index (χ0) is 36.2.